The Hall–Kier alpha value is -2.61. The number of anilines is 1. The van der Waals surface area contributed by atoms with E-state index in [2.05, 4.69) is 55.7 Å². The first-order valence-electron chi connectivity index (χ1n) is 10.4. The molecule has 7 nitrogen and oxygen atoms in total. The van der Waals surface area contributed by atoms with Crippen molar-refractivity contribution in [2.75, 3.05) is 18.0 Å². The summed E-state index contributed by atoms with van der Waals surface area (Å²) in [6.07, 6.45) is 12.9. The highest BCUT2D eigenvalue weighted by Crippen LogP contribution is 2.31. The van der Waals surface area contributed by atoms with Crippen LogP contribution >= 0.6 is 15.9 Å². The zero-order valence-corrected chi connectivity index (χ0v) is 18.7. The Labute approximate surface area is 184 Å². The first kappa shape index (κ1) is 19.4. The third kappa shape index (κ3) is 3.64. The van der Waals surface area contributed by atoms with Crippen molar-refractivity contribution in [3.8, 4) is 11.5 Å². The standard InChI is InChI=1S/C22H24BrN7/c1-14(2)16-5-6-17(27-16)15-4-3-9-29(12-15)20-7-8-24-22(28-20)18-10-26-21-11-25-19(23)13-30(18)21/h6-8,10-11,13-15H,3-5,9,12H2,1-2H3. The van der Waals surface area contributed by atoms with Gasteiger partial charge in [-0.2, -0.15) is 0 Å². The fourth-order valence-corrected chi connectivity index (χ4v) is 4.50. The first-order valence-corrected chi connectivity index (χ1v) is 11.2. The predicted molar refractivity (Wildman–Crippen MR) is 122 cm³/mol. The SMILES string of the molecule is CC(C)C1=NC(C2CCCN(c3ccnc(-c4cnc5cnc(Br)cn45)n3)C2)=CC1. The number of fused-ring (bicyclic) bond motifs is 1. The highest BCUT2D eigenvalue weighted by molar-refractivity contribution is 9.10. The van der Waals surface area contributed by atoms with Crippen LogP contribution in [-0.4, -0.2) is 43.1 Å². The van der Waals surface area contributed by atoms with Gasteiger partial charge in [-0.3, -0.25) is 9.39 Å². The Morgan fingerprint density at radius 3 is 2.90 bits per heavy atom. The zero-order chi connectivity index (χ0) is 20.7. The van der Waals surface area contributed by atoms with Gasteiger partial charge in [0.1, 0.15) is 16.1 Å². The van der Waals surface area contributed by atoms with E-state index in [1.807, 2.05) is 22.9 Å². The van der Waals surface area contributed by atoms with Crippen molar-refractivity contribution in [1.29, 1.82) is 0 Å². The van der Waals surface area contributed by atoms with Crippen molar-refractivity contribution in [2.45, 2.75) is 33.1 Å². The van der Waals surface area contributed by atoms with Gasteiger partial charge in [0.25, 0.3) is 0 Å². The van der Waals surface area contributed by atoms with Crippen LogP contribution in [-0.2, 0) is 0 Å². The van der Waals surface area contributed by atoms with Gasteiger partial charge >= 0.3 is 0 Å². The second-order valence-corrected chi connectivity index (χ2v) is 9.01. The lowest BCUT2D eigenvalue weighted by atomic mass is 9.95. The van der Waals surface area contributed by atoms with Gasteiger partial charge in [0.05, 0.1) is 12.4 Å². The largest absolute Gasteiger partial charge is 0.356 e. The average molecular weight is 466 g/mol. The van der Waals surface area contributed by atoms with E-state index >= 15 is 0 Å². The van der Waals surface area contributed by atoms with E-state index in [0.29, 0.717) is 17.7 Å². The van der Waals surface area contributed by atoms with Crippen LogP contribution in [0.25, 0.3) is 17.2 Å². The lowest BCUT2D eigenvalue weighted by Gasteiger charge is -2.33. The summed E-state index contributed by atoms with van der Waals surface area (Å²) in [5, 5.41) is 0. The molecule has 1 saturated heterocycles. The number of piperidine rings is 1. The number of aliphatic imine (C=N–C) groups is 1. The quantitative estimate of drug-likeness (QED) is 0.564. The first-order chi connectivity index (χ1) is 14.6. The number of rotatable bonds is 4. The number of hydrogen-bond donors (Lipinski definition) is 0. The molecule has 0 aromatic carbocycles. The van der Waals surface area contributed by atoms with Crippen LogP contribution in [0, 0.1) is 11.8 Å². The van der Waals surface area contributed by atoms with Gasteiger partial charge in [0.2, 0.25) is 0 Å². The van der Waals surface area contributed by atoms with Gasteiger partial charge in [0.15, 0.2) is 11.5 Å². The van der Waals surface area contributed by atoms with Crippen molar-refractivity contribution < 1.29 is 0 Å². The fourth-order valence-electron chi connectivity index (χ4n) is 4.20. The summed E-state index contributed by atoms with van der Waals surface area (Å²) in [6, 6.07) is 2.00. The smallest absolute Gasteiger partial charge is 0.180 e. The highest BCUT2D eigenvalue weighted by atomic mass is 79.9. The Balaban J connectivity index is 1.41. The average Bonchev–Trinajstić information content (AvgIpc) is 3.41. The number of nitrogens with zero attached hydrogens (tertiary/aromatic N) is 7. The van der Waals surface area contributed by atoms with Gasteiger partial charge in [0, 0.05) is 49.2 Å². The van der Waals surface area contributed by atoms with Crippen molar-refractivity contribution in [3.05, 3.63) is 47.2 Å². The van der Waals surface area contributed by atoms with Crippen molar-refractivity contribution in [1.82, 2.24) is 24.3 Å². The molecule has 0 N–H and O–H groups in total. The van der Waals surface area contributed by atoms with Crippen LogP contribution in [0.15, 0.2) is 52.2 Å². The monoisotopic (exact) mass is 465 g/mol. The lowest BCUT2D eigenvalue weighted by molar-refractivity contribution is 0.461. The van der Waals surface area contributed by atoms with Crippen LogP contribution in [0.2, 0.25) is 0 Å². The Morgan fingerprint density at radius 1 is 1.17 bits per heavy atom. The van der Waals surface area contributed by atoms with E-state index in [1.54, 1.807) is 12.4 Å². The molecule has 0 amide bonds. The molecule has 1 unspecified atom stereocenters. The minimum Gasteiger partial charge on any atom is -0.356 e. The summed E-state index contributed by atoms with van der Waals surface area (Å²) in [5.41, 5.74) is 4.19. The maximum atomic E-state index is 4.94. The second-order valence-electron chi connectivity index (χ2n) is 8.20. The number of aromatic nitrogens is 5. The van der Waals surface area contributed by atoms with Gasteiger partial charge in [-0.25, -0.2) is 19.9 Å². The molecule has 0 spiro atoms. The lowest BCUT2D eigenvalue weighted by Crippen LogP contribution is -2.36. The van der Waals surface area contributed by atoms with E-state index in [9.17, 15) is 0 Å². The molecular formula is C22H24BrN7. The van der Waals surface area contributed by atoms with Crippen LogP contribution < -0.4 is 4.90 Å². The molecule has 5 heterocycles. The predicted octanol–water partition coefficient (Wildman–Crippen LogP) is 4.55. The molecule has 8 heteroatoms. The molecule has 30 heavy (non-hydrogen) atoms. The minimum absolute atomic E-state index is 0.464. The van der Waals surface area contributed by atoms with Gasteiger partial charge in [-0.1, -0.05) is 19.9 Å². The molecular weight excluding hydrogens is 442 g/mol. The molecule has 1 atom stereocenters. The van der Waals surface area contributed by atoms with Crippen molar-refractivity contribution >= 4 is 33.1 Å². The zero-order valence-electron chi connectivity index (χ0n) is 17.2. The number of imidazole rings is 1. The molecule has 2 aliphatic rings. The summed E-state index contributed by atoms with van der Waals surface area (Å²) in [7, 11) is 0. The van der Waals surface area contributed by atoms with Gasteiger partial charge < -0.3 is 4.90 Å². The molecule has 154 valence electrons. The highest BCUT2D eigenvalue weighted by Gasteiger charge is 2.26. The van der Waals surface area contributed by atoms with Crippen molar-refractivity contribution in [2.24, 2.45) is 16.8 Å². The van der Waals surface area contributed by atoms with Gasteiger partial charge in [-0.15, -0.1) is 0 Å². The maximum absolute atomic E-state index is 4.94. The van der Waals surface area contributed by atoms with Crippen LogP contribution in [0.5, 0.6) is 0 Å². The topological polar surface area (TPSA) is 71.6 Å². The van der Waals surface area contributed by atoms with E-state index in [4.69, 9.17) is 9.98 Å². The molecule has 0 saturated carbocycles. The normalized spacial score (nSPS) is 19.5. The summed E-state index contributed by atoms with van der Waals surface area (Å²) in [4.78, 5) is 25.4. The van der Waals surface area contributed by atoms with Crippen LogP contribution in [0.4, 0.5) is 5.82 Å². The Bertz CT molecular complexity index is 1150. The van der Waals surface area contributed by atoms with Gasteiger partial charge in [-0.05, 0) is 40.8 Å². The molecule has 0 bridgehead atoms. The van der Waals surface area contributed by atoms with E-state index < -0.39 is 0 Å². The minimum atomic E-state index is 0.464. The second kappa shape index (κ2) is 7.91. The van der Waals surface area contributed by atoms with E-state index in [-0.39, 0.29) is 0 Å². The third-order valence-corrected chi connectivity index (χ3v) is 6.27. The van der Waals surface area contributed by atoms with E-state index in [1.165, 1.54) is 17.8 Å². The molecule has 3 aromatic heterocycles. The molecule has 2 aliphatic heterocycles. The third-order valence-electron chi connectivity index (χ3n) is 5.86. The molecule has 1 fully saturated rings. The molecule has 5 rings (SSSR count). The summed E-state index contributed by atoms with van der Waals surface area (Å²) >= 11 is 3.43. The number of hydrogen-bond acceptors (Lipinski definition) is 6. The molecule has 0 aliphatic carbocycles. The maximum Gasteiger partial charge on any atom is 0.180 e. The Morgan fingerprint density at radius 2 is 2.07 bits per heavy atom. The summed E-state index contributed by atoms with van der Waals surface area (Å²) < 4.78 is 2.70. The number of halogens is 1. The van der Waals surface area contributed by atoms with Crippen LogP contribution in [0.3, 0.4) is 0 Å². The Kier molecular flexibility index (Phi) is 5.10. The molecule has 3 aromatic rings. The molecule has 0 radical (unpaired) electrons. The fraction of sp³-hybridized carbons (Fsp3) is 0.409. The van der Waals surface area contributed by atoms with Crippen LogP contribution in [0.1, 0.15) is 33.1 Å². The van der Waals surface area contributed by atoms with Crippen molar-refractivity contribution in [3.63, 3.8) is 0 Å². The number of allylic oxidation sites excluding steroid dienone is 1. The van der Waals surface area contributed by atoms with E-state index in [0.717, 1.165) is 47.7 Å². The summed E-state index contributed by atoms with van der Waals surface area (Å²) in [5.74, 6) is 2.61. The summed E-state index contributed by atoms with van der Waals surface area (Å²) in [6.45, 7) is 6.39.